The molecule has 0 bridgehead atoms. The van der Waals surface area contributed by atoms with E-state index in [1.54, 1.807) is 0 Å². The molecule has 1 aromatic heterocycles. The predicted octanol–water partition coefficient (Wildman–Crippen LogP) is 5.04. The van der Waals surface area contributed by atoms with Gasteiger partial charge < -0.3 is 5.32 Å². The Kier molecular flexibility index (Phi) is 4.99. The van der Waals surface area contributed by atoms with Gasteiger partial charge in [0.2, 0.25) is 0 Å². The molecule has 0 unspecified atom stereocenters. The fourth-order valence-electron chi connectivity index (χ4n) is 3.88. The number of nitrogens with zero attached hydrogens (tertiary/aromatic N) is 3. The van der Waals surface area contributed by atoms with Crippen molar-refractivity contribution in [2.75, 3.05) is 5.32 Å². The first-order chi connectivity index (χ1) is 13.6. The molecule has 0 aliphatic carbocycles. The highest BCUT2D eigenvalue weighted by Gasteiger charge is 2.35. The van der Waals surface area contributed by atoms with Crippen LogP contribution in [0.2, 0.25) is 0 Å². The monoisotopic (exact) mass is 374 g/mol. The average molecular weight is 374 g/mol. The number of hydrogen-bond acceptors (Lipinski definition) is 4. The zero-order chi connectivity index (χ0) is 19.6. The van der Waals surface area contributed by atoms with Crippen molar-refractivity contribution < 1.29 is 0 Å². The fraction of sp³-hybridized carbons (Fsp3) is 0.348. The van der Waals surface area contributed by atoms with Crippen molar-refractivity contribution in [3.63, 3.8) is 0 Å². The van der Waals surface area contributed by atoms with Crippen molar-refractivity contribution in [3.8, 4) is 22.6 Å². The van der Waals surface area contributed by atoms with E-state index in [0.717, 1.165) is 29.7 Å². The Hall–Kier alpha value is -2.95. The first kappa shape index (κ1) is 18.4. The number of rotatable bonds is 6. The molecule has 0 fully saturated rings. The van der Waals surface area contributed by atoms with Gasteiger partial charge in [-0.2, -0.15) is 10.1 Å². The van der Waals surface area contributed by atoms with Gasteiger partial charge in [0.05, 0.1) is 0 Å². The van der Waals surface area contributed by atoms with Crippen molar-refractivity contribution in [1.82, 2.24) is 14.8 Å². The van der Waals surface area contributed by atoms with Crippen LogP contribution in [-0.4, -0.2) is 14.8 Å². The second kappa shape index (κ2) is 7.58. The SMILES string of the molecule is CCCCCC[C@@]1(C)Nc2ccccc2-c2nc(=O)c(-c3ccccc3)nn21. The third-order valence-corrected chi connectivity index (χ3v) is 5.41. The molecule has 0 saturated heterocycles. The lowest BCUT2D eigenvalue weighted by Crippen LogP contribution is -2.45. The molecule has 1 aliphatic rings. The lowest BCUT2D eigenvalue weighted by atomic mass is 9.98. The molecule has 0 amide bonds. The summed E-state index contributed by atoms with van der Waals surface area (Å²) in [5, 5.41) is 8.48. The number of aromatic nitrogens is 3. The van der Waals surface area contributed by atoms with E-state index in [0.29, 0.717) is 11.5 Å². The average Bonchev–Trinajstić information content (AvgIpc) is 2.72. The first-order valence-corrected chi connectivity index (χ1v) is 10.1. The van der Waals surface area contributed by atoms with E-state index in [9.17, 15) is 4.79 Å². The quantitative estimate of drug-likeness (QED) is 0.614. The van der Waals surface area contributed by atoms with Crippen LogP contribution in [0.25, 0.3) is 22.6 Å². The first-order valence-electron chi connectivity index (χ1n) is 10.1. The number of anilines is 1. The van der Waals surface area contributed by atoms with Crippen molar-refractivity contribution in [2.45, 2.75) is 51.6 Å². The summed E-state index contributed by atoms with van der Waals surface area (Å²) in [6.45, 7) is 4.36. The minimum atomic E-state index is -0.429. The second-order valence-electron chi connectivity index (χ2n) is 7.62. The van der Waals surface area contributed by atoms with Gasteiger partial charge in [-0.05, 0) is 31.9 Å². The molecule has 28 heavy (non-hydrogen) atoms. The number of unbranched alkanes of at least 4 members (excludes halogenated alkanes) is 3. The fourth-order valence-corrected chi connectivity index (χ4v) is 3.88. The summed E-state index contributed by atoms with van der Waals surface area (Å²) in [6.07, 6.45) is 5.62. The van der Waals surface area contributed by atoms with Crippen LogP contribution in [0.4, 0.5) is 5.69 Å². The molecule has 1 atom stereocenters. The Labute approximate surface area is 165 Å². The summed E-state index contributed by atoms with van der Waals surface area (Å²) in [6, 6.07) is 17.6. The summed E-state index contributed by atoms with van der Waals surface area (Å²) < 4.78 is 1.92. The van der Waals surface area contributed by atoms with Crippen molar-refractivity contribution in [3.05, 3.63) is 65.0 Å². The summed E-state index contributed by atoms with van der Waals surface area (Å²) in [5.74, 6) is 0.636. The van der Waals surface area contributed by atoms with E-state index >= 15 is 0 Å². The molecular weight excluding hydrogens is 348 g/mol. The molecule has 2 aromatic carbocycles. The Balaban J connectivity index is 1.84. The van der Waals surface area contributed by atoms with Gasteiger partial charge in [0.1, 0.15) is 5.66 Å². The van der Waals surface area contributed by atoms with Gasteiger partial charge in [0.15, 0.2) is 11.5 Å². The molecule has 0 spiro atoms. The molecule has 5 nitrogen and oxygen atoms in total. The Morgan fingerprint density at radius 1 is 1.00 bits per heavy atom. The van der Waals surface area contributed by atoms with Crippen LogP contribution in [0, 0.1) is 0 Å². The molecule has 0 saturated carbocycles. The molecule has 1 N–H and O–H groups in total. The molecule has 144 valence electrons. The molecule has 2 heterocycles. The van der Waals surface area contributed by atoms with Gasteiger partial charge in [-0.25, -0.2) is 4.68 Å². The van der Waals surface area contributed by atoms with Crippen LogP contribution in [0.1, 0.15) is 46.0 Å². The maximum Gasteiger partial charge on any atom is 0.300 e. The van der Waals surface area contributed by atoms with E-state index in [4.69, 9.17) is 5.10 Å². The molecule has 1 aliphatic heterocycles. The topological polar surface area (TPSA) is 59.8 Å². The third kappa shape index (κ3) is 3.33. The molecule has 0 radical (unpaired) electrons. The van der Waals surface area contributed by atoms with E-state index in [2.05, 4.69) is 24.1 Å². The smallest absolute Gasteiger partial charge is 0.300 e. The Morgan fingerprint density at radius 3 is 2.54 bits per heavy atom. The van der Waals surface area contributed by atoms with Gasteiger partial charge in [-0.3, -0.25) is 4.79 Å². The van der Waals surface area contributed by atoms with E-state index in [1.165, 1.54) is 19.3 Å². The second-order valence-corrected chi connectivity index (χ2v) is 7.62. The van der Waals surface area contributed by atoms with Gasteiger partial charge in [-0.1, -0.05) is 68.7 Å². The molecule has 3 aromatic rings. The minimum Gasteiger partial charge on any atom is -0.361 e. The highest BCUT2D eigenvalue weighted by Crippen LogP contribution is 2.38. The highest BCUT2D eigenvalue weighted by molar-refractivity contribution is 5.76. The highest BCUT2D eigenvalue weighted by atomic mass is 16.1. The Bertz CT molecular complexity index is 1030. The van der Waals surface area contributed by atoms with Gasteiger partial charge >= 0.3 is 0 Å². The van der Waals surface area contributed by atoms with Gasteiger partial charge in [0.25, 0.3) is 5.56 Å². The van der Waals surface area contributed by atoms with Gasteiger partial charge in [-0.15, -0.1) is 0 Å². The normalized spacial score (nSPS) is 17.5. The zero-order valence-electron chi connectivity index (χ0n) is 16.5. The van der Waals surface area contributed by atoms with Crippen LogP contribution >= 0.6 is 0 Å². The van der Waals surface area contributed by atoms with Crippen molar-refractivity contribution in [2.24, 2.45) is 0 Å². The summed E-state index contributed by atoms with van der Waals surface area (Å²) in [4.78, 5) is 17.3. The number of fused-ring (bicyclic) bond motifs is 3. The molecule has 4 rings (SSSR count). The molecular formula is C23H26N4O. The van der Waals surface area contributed by atoms with Crippen LogP contribution in [-0.2, 0) is 5.66 Å². The van der Waals surface area contributed by atoms with E-state index < -0.39 is 5.66 Å². The predicted molar refractivity (Wildman–Crippen MR) is 113 cm³/mol. The number of hydrogen-bond donors (Lipinski definition) is 1. The van der Waals surface area contributed by atoms with E-state index in [-0.39, 0.29) is 5.56 Å². The standard InChI is InChI=1S/C23H26N4O/c1-3-4-5-11-16-23(2)25-19-15-10-9-14-18(19)21-24-22(28)20(26-27(21)23)17-12-7-6-8-13-17/h6-10,12-15,25H,3-5,11,16H2,1-2H3/t23-/m0/s1. The lowest BCUT2D eigenvalue weighted by molar-refractivity contribution is 0.289. The summed E-state index contributed by atoms with van der Waals surface area (Å²) in [5.41, 5.74) is 2.39. The number of para-hydroxylation sites is 1. The lowest BCUT2D eigenvalue weighted by Gasteiger charge is -2.39. The zero-order valence-corrected chi connectivity index (χ0v) is 16.5. The number of nitrogens with one attached hydrogen (secondary N) is 1. The third-order valence-electron chi connectivity index (χ3n) is 5.41. The maximum atomic E-state index is 12.8. The van der Waals surface area contributed by atoms with Crippen molar-refractivity contribution in [1.29, 1.82) is 0 Å². The van der Waals surface area contributed by atoms with Gasteiger partial charge in [0, 0.05) is 16.8 Å². The largest absolute Gasteiger partial charge is 0.361 e. The minimum absolute atomic E-state index is 0.289. The van der Waals surface area contributed by atoms with E-state index in [1.807, 2.05) is 59.3 Å². The summed E-state index contributed by atoms with van der Waals surface area (Å²) >= 11 is 0. The summed E-state index contributed by atoms with van der Waals surface area (Å²) in [7, 11) is 0. The molecule has 5 heteroatoms. The van der Waals surface area contributed by atoms with Crippen LogP contribution in [0.5, 0.6) is 0 Å². The Morgan fingerprint density at radius 2 is 1.75 bits per heavy atom. The van der Waals surface area contributed by atoms with Crippen molar-refractivity contribution >= 4 is 5.69 Å². The number of benzene rings is 2. The maximum absolute atomic E-state index is 12.8. The van der Waals surface area contributed by atoms with Crippen LogP contribution in [0.15, 0.2) is 59.4 Å². The van der Waals surface area contributed by atoms with Crippen LogP contribution in [0.3, 0.4) is 0 Å². The van der Waals surface area contributed by atoms with Crippen LogP contribution < -0.4 is 10.9 Å².